The summed E-state index contributed by atoms with van der Waals surface area (Å²) >= 11 is 2.03. The number of rotatable bonds is 6. The van der Waals surface area contributed by atoms with Crippen LogP contribution in [0, 0.1) is 12.3 Å². The van der Waals surface area contributed by atoms with Crippen LogP contribution >= 0.6 is 36.6 Å². The van der Waals surface area contributed by atoms with Gasteiger partial charge < -0.3 is 11.1 Å². The Morgan fingerprint density at radius 3 is 2.50 bits per heavy atom. The monoisotopic (exact) mass is 447 g/mol. The predicted octanol–water partition coefficient (Wildman–Crippen LogP) is 4.63. The lowest BCUT2D eigenvalue weighted by Gasteiger charge is -2.35. The lowest BCUT2D eigenvalue weighted by Crippen LogP contribution is -2.36. The smallest absolute Gasteiger partial charge is 0.224 e. The third-order valence-corrected chi connectivity index (χ3v) is 7.04. The Bertz CT molecular complexity index is 618. The molecule has 1 aromatic carbocycles. The minimum atomic E-state index is 0. The number of hydrogen-bond acceptors (Lipinski definition) is 4. The molecule has 7 heteroatoms. The number of benzene rings is 1. The lowest BCUT2D eigenvalue weighted by atomic mass is 9.71. The summed E-state index contributed by atoms with van der Waals surface area (Å²) in [6, 6.07) is 6.28. The molecule has 0 unspecified atom stereocenters. The van der Waals surface area contributed by atoms with E-state index in [0.29, 0.717) is 13.0 Å². The second-order valence-electron chi connectivity index (χ2n) is 7.97. The maximum Gasteiger partial charge on any atom is 0.224 e. The fourth-order valence-corrected chi connectivity index (χ4v) is 5.26. The van der Waals surface area contributed by atoms with E-state index in [2.05, 4.69) is 29.3 Å². The molecule has 0 radical (unpaired) electrons. The molecule has 0 atom stereocenters. The molecule has 3 N–H and O–H groups in total. The number of amides is 1. The maximum absolute atomic E-state index is 12.7. The predicted molar refractivity (Wildman–Crippen MR) is 126 cm³/mol. The Labute approximate surface area is 186 Å². The minimum absolute atomic E-state index is 0. The Hall–Kier alpha value is -0.460. The lowest BCUT2D eigenvalue weighted by molar-refractivity contribution is -0.118. The Morgan fingerprint density at radius 2 is 1.86 bits per heavy atom. The molecule has 1 amide bonds. The zero-order chi connectivity index (χ0) is 18.4. The molecule has 0 aromatic heterocycles. The highest BCUT2D eigenvalue weighted by Crippen LogP contribution is 2.38. The molecular weight excluding hydrogens is 413 g/mol. The molecule has 160 valence electrons. The van der Waals surface area contributed by atoms with Gasteiger partial charge in [0.15, 0.2) is 0 Å². The SMILES string of the molecule is Cc1c(CN2CCSCC2)cccc1NC(=O)CC1(CN)CCCCC1.Cl.Cl. The third kappa shape index (κ3) is 6.81. The fraction of sp³-hybridized carbons (Fsp3) is 0.667. The van der Waals surface area contributed by atoms with Crippen molar-refractivity contribution in [2.75, 3.05) is 36.5 Å². The number of anilines is 1. The van der Waals surface area contributed by atoms with Gasteiger partial charge in [-0.2, -0.15) is 11.8 Å². The van der Waals surface area contributed by atoms with E-state index in [4.69, 9.17) is 5.73 Å². The van der Waals surface area contributed by atoms with Crippen LogP contribution in [0.5, 0.6) is 0 Å². The summed E-state index contributed by atoms with van der Waals surface area (Å²) in [7, 11) is 0. The van der Waals surface area contributed by atoms with E-state index < -0.39 is 0 Å². The first-order valence-corrected chi connectivity index (χ1v) is 11.2. The molecule has 0 bridgehead atoms. The molecule has 3 rings (SSSR count). The minimum Gasteiger partial charge on any atom is -0.330 e. The van der Waals surface area contributed by atoms with Crippen molar-refractivity contribution in [3.63, 3.8) is 0 Å². The Morgan fingerprint density at radius 1 is 1.18 bits per heavy atom. The van der Waals surface area contributed by atoms with Crippen LogP contribution in [-0.2, 0) is 11.3 Å². The zero-order valence-electron chi connectivity index (χ0n) is 16.9. The van der Waals surface area contributed by atoms with Gasteiger partial charge in [0.25, 0.3) is 0 Å². The quantitative estimate of drug-likeness (QED) is 0.667. The summed E-state index contributed by atoms with van der Waals surface area (Å²) in [5.74, 6) is 2.56. The molecule has 0 spiro atoms. The van der Waals surface area contributed by atoms with Gasteiger partial charge in [-0.15, -0.1) is 24.8 Å². The van der Waals surface area contributed by atoms with Crippen LogP contribution in [0.4, 0.5) is 5.69 Å². The number of nitrogens with two attached hydrogens (primary N) is 1. The first-order valence-electron chi connectivity index (χ1n) is 10.0. The van der Waals surface area contributed by atoms with Gasteiger partial charge in [-0.3, -0.25) is 9.69 Å². The van der Waals surface area contributed by atoms with Crippen LogP contribution < -0.4 is 11.1 Å². The third-order valence-electron chi connectivity index (χ3n) is 6.10. The van der Waals surface area contributed by atoms with E-state index in [1.807, 2.05) is 17.8 Å². The van der Waals surface area contributed by atoms with E-state index in [-0.39, 0.29) is 36.1 Å². The summed E-state index contributed by atoms with van der Waals surface area (Å²) in [5.41, 5.74) is 9.54. The first kappa shape index (κ1) is 25.6. The molecule has 1 aliphatic carbocycles. The van der Waals surface area contributed by atoms with Gasteiger partial charge in [-0.1, -0.05) is 31.4 Å². The number of halogens is 2. The van der Waals surface area contributed by atoms with Crippen molar-refractivity contribution in [1.29, 1.82) is 0 Å². The second kappa shape index (κ2) is 12.3. The van der Waals surface area contributed by atoms with E-state index in [0.717, 1.165) is 38.2 Å². The van der Waals surface area contributed by atoms with Crippen molar-refractivity contribution >= 4 is 48.2 Å². The number of nitrogens with zero attached hydrogens (tertiary/aromatic N) is 1. The summed E-state index contributed by atoms with van der Waals surface area (Å²) in [6.07, 6.45) is 6.40. The van der Waals surface area contributed by atoms with Gasteiger partial charge >= 0.3 is 0 Å². The van der Waals surface area contributed by atoms with E-state index in [1.54, 1.807) is 0 Å². The van der Waals surface area contributed by atoms with Gasteiger partial charge in [0, 0.05) is 43.2 Å². The summed E-state index contributed by atoms with van der Waals surface area (Å²) < 4.78 is 0. The van der Waals surface area contributed by atoms with Gasteiger partial charge in [0.05, 0.1) is 0 Å². The number of carbonyl (C=O) groups is 1. The van der Waals surface area contributed by atoms with Crippen LogP contribution in [0.25, 0.3) is 0 Å². The molecule has 1 heterocycles. The van der Waals surface area contributed by atoms with Crippen molar-refractivity contribution in [2.45, 2.75) is 52.0 Å². The molecule has 1 aromatic rings. The van der Waals surface area contributed by atoms with Crippen LogP contribution in [0.15, 0.2) is 18.2 Å². The second-order valence-corrected chi connectivity index (χ2v) is 9.19. The summed E-state index contributed by atoms with van der Waals surface area (Å²) in [4.78, 5) is 15.2. The van der Waals surface area contributed by atoms with Crippen molar-refractivity contribution in [1.82, 2.24) is 4.90 Å². The molecular formula is C21H35Cl2N3OS. The highest BCUT2D eigenvalue weighted by Gasteiger charge is 2.33. The van der Waals surface area contributed by atoms with E-state index >= 15 is 0 Å². The van der Waals surface area contributed by atoms with Crippen molar-refractivity contribution in [3.05, 3.63) is 29.3 Å². The molecule has 2 fully saturated rings. The summed E-state index contributed by atoms with van der Waals surface area (Å²) in [5, 5.41) is 3.18. The maximum atomic E-state index is 12.7. The molecule has 1 saturated heterocycles. The van der Waals surface area contributed by atoms with Gasteiger partial charge in [-0.25, -0.2) is 0 Å². The highest BCUT2D eigenvalue weighted by atomic mass is 35.5. The Balaban J connectivity index is 0.00000196. The van der Waals surface area contributed by atoms with Crippen LogP contribution in [0.1, 0.15) is 49.7 Å². The van der Waals surface area contributed by atoms with Crippen LogP contribution in [-0.4, -0.2) is 41.9 Å². The van der Waals surface area contributed by atoms with Crippen LogP contribution in [0.2, 0.25) is 0 Å². The first-order chi connectivity index (χ1) is 12.6. The molecule has 1 aliphatic heterocycles. The standard InChI is InChI=1S/C21H33N3OS.2ClH/c1-17-18(15-24-10-12-26-13-11-24)6-5-7-19(17)23-20(25)14-21(16-22)8-3-2-4-9-21;;/h5-7H,2-4,8-16,22H2,1H3,(H,23,25);2*1H. The van der Waals surface area contributed by atoms with Gasteiger partial charge in [-0.05, 0) is 48.9 Å². The topological polar surface area (TPSA) is 58.4 Å². The summed E-state index contributed by atoms with van der Waals surface area (Å²) in [6.45, 7) is 6.03. The average molecular weight is 449 g/mol. The number of nitrogens with one attached hydrogen (secondary N) is 1. The molecule has 28 heavy (non-hydrogen) atoms. The molecule has 1 saturated carbocycles. The van der Waals surface area contributed by atoms with E-state index in [1.165, 1.54) is 41.9 Å². The van der Waals surface area contributed by atoms with Crippen LogP contribution in [0.3, 0.4) is 0 Å². The van der Waals surface area contributed by atoms with Crippen molar-refractivity contribution in [3.8, 4) is 0 Å². The number of thioether (sulfide) groups is 1. The Kier molecular flexibility index (Phi) is 11.2. The average Bonchev–Trinajstić information content (AvgIpc) is 2.66. The molecule has 4 nitrogen and oxygen atoms in total. The largest absolute Gasteiger partial charge is 0.330 e. The normalized spacial score (nSPS) is 19.2. The number of hydrogen-bond donors (Lipinski definition) is 2. The van der Waals surface area contributed by atoms with Crippen molar-refractivity contribution < 1.29 is 4.79 Å². The van der Waals surface area contributed by atoms with Gasteiger partial charge in [0.1, 0.15) is 0 Å². The van der Waals surface area contributed by atoms with E-state index in [9.17, 15) is 4.79 Å². The fourth-order valence-electron chi connectivity index (χ4n) is 4.28. The molecule has 2 aliphatic rings. The van der Waals surface area contributed by atoms with Crippen molar-refractivity contribution in [2.24, 2.45) is 11.1 Å². The van der Waals surface area contributed by atoms with Gasteiger partial charge in [0.2, 0.25) is 5.91 Å². The number of carbonyl (C=O) groups excluding carboxylic acids is 1. The zero-order valence-corrected chi connectivity index (χ0v) is 19.3. The highest BCUT2D eigenvalue weighted by molar-refractivity contribution is 7.99.